The molecule has 0 aliphatic heterocycles. The van der Waals surface area contributed by atoms with E-state index in [9.17, 15) is 4.79 Å². The van der Waals surface area contributed by atoms with Gasteiger partial charge in [0, 0.05) is 30.8 Å². The quantitative estimate of drug-likeness (QED) is 0.554. The summed E-state index contributed by atoms with van der Waals surface area (Å²) in [6.07, 6.45) is 3.48. The topological polar surface area (TPSA) is 65.5 Å². The van der Waals surface area contributed by atoms with Crippen LogP contribution in [0.3, 0.4) is 0 Å². The number of carbonyl (C=O) groups is 1. The molecule has 0 aliphatic carbocycles. The molecule has 0 aliphatic rings. The Morgan fingerprint density at radius 2 is 1.64 bits per heavy atom. The molecule has 3 rings (SSSR count). The number of pyridine rings is 1. The van der Waals surface area contributed by atoms with E-state index in [-0.39, 0.29) is 0 Å². The van der Waals surface area contributed by atoms with Crippen LogP contribution in [0.15, 0.2) is 79.1 Å². The second kappa shape index (κ2) is 7.59. The van der Waals surface area contributed by atoms with Crippen molar-refractivity contribution in [2.75, 3.05) is 11.9 Å². The highest BCUT2D eigenvalue weighted by Gasteiger charge is 2.23. The highest BCUT2D eigenvalue weighted by atomic mass is 16.5. The van der Waals surface area contributed by atoms with Crippen molar-refractivity contribution >= 4 is 17.3 Å². The lowest BCUT2D eigenvalue weighted by Gasteiger charge is -2.22. The summed E-state index contributed by atoms with van der Waals surface area (Å²) >= 11 is 0. The standard InChI is InChI=1S/C20H19N3O2/c1-23(17-10-12-21-13-11-17)18-9-5-8-16(14-18)19(20(24)22-25)15-6-3-2-4-7-15/h2-14,19,25H,1H3,(H,22,24). The molecular weight excluding hydrogens is 314 g/mol. The minimum Gasteiger partial charge on any atom is -0.345 e. The number of hydrogen-bond donors (Lipinski definition) is 2. The van der Waals surface area contributed by atoms with Crippen molar-refractivity contribution in [2.24, 2.45) is 0 Å². The van der Waals surface area contributed by atoms with Crippen LogP contribution in [0.2, 0.25) is 0 Å². The smallest absolute Gasteiger partial charge is 0.255 e. The van der Waals surface area contributed by atoms with E-state index in [0.29, 0.717) is 0 Å². The average Bonchev–Trinajstić information content (AvgIpc) is 2.69. The summed E-state index contributed by atoms with van der Waals surface area (Å²) in [6, 6.07) is 20.9. The summed E-state index contributed by atoms with van der Waals surface area (Å²) in [7, 11) is 1.96. The number of amides is 1. The van der Waals surface area contributed by atoms with Gasteiger partial charge in [-0.3, -0.25) is 15.0 Å². The molecule has 1 unspecified atom stereocenters. The fourth-order valence-electron chi connectivity index (χ4n) is 2.83. The molecule has 1 amide bonds. The van der Waals surface area contributed by atoms with Gasteiger partial charge in [0.05, 0.1) is 5.92 Å². The molecule has 3 aromatic rings. The lowest BCUT2D eigenvalue weighted by atomic mass is 9.90. The predicted molar refractivity (Wildman–Crippen MR) is 97.0 cm³/mol. The average molecular weight is 333 g/mol. The van der Waals surface area contributed by atoms with Gasteiger partial charge in [0.15, 0.2) is 0 Å². The molecule has 2 aromatic carbocycles. The van der Waals surface area contributed by atoms with E-state index >= 15 is 0 Å². The lowest BCUT2D eigenvalue weighted by Crippen LogP contribution is -2.27. The molecule has 0 radical (unpaired) electrons. The largest absolute Gasteiger partial charge is 0.345 e. The van der Waals surface area contributed by atoms with Gasteiger partial charge in [0.25, 0.3) is 5.91 Å². The van der Waals surface area contributed by atoms with Gasteiger partial charge in [-0.2, -0.15) is 0 Å². The molecule has 1 heterocycles. The van der Waals surface area contributed by atoms with Crippen LogP contribution in [0.4, 0.5) is 11.4 Å². The van der Waals surface area contributed by atoms with Gasteiger partial charge in [-0.05, 0) is 35.4 Å². The third kappa shape index (κ3) is 3.67. The molecule has 5 heteroatoms. The number of anilines is 2. The molecule has 0 saturated heterocycles. The molecule has 0 saturated carbocycles. The van der Waals surface area contributed by atoms with E-state index in [1.165, 1.54) is 0 Å². The predicted octanol–water partition coefficient (Wildman–Crippen LogP) is 3.49. The Labute approximate surface area is 146 Å². The molecule has 1 aromatic heterocycles. The number of aromatic nitrogens is 1. The van der Waals surface area contributed by atoms with Crippen molar-refractivity contribution in [3.05, 3.63) is 90.3 Å². The molecule has 5 nitrogen and oxygen atoms in total. The van der Waals surface area contributed by atoms with Crippen molar-refractivity contribution in [1.29, 1.82) is 0 Å². The molecule has 2 N–H and O–H groups in total. The molecular formula is C20H19N3O2. The first-order chi connectivity index (χ1) is 12.2. The van der Waals surface area contributed by atoms with Gasteiger partial charge in [-0.25, -0.2) is 5.48 Å². The number of rotatable bonds is 5. The van der Waals surface area contributed by atoms with Crippen LogP contribution < -0.4 is 10.4 Å². The first-order valence-corrected chi connectivity index (χ1v) is 7.93. The third-order valence-electron chi connectivity index (χ3n) is 4.15. The van der Waals surface area contributed by atoms with Crippen molar-refractivity contribution in [2.45, 2.75) is 5.92 Å². The zero-order valence-corrected chi connectivity index (χ0v) is 13.8. The molecule has 126 valence electrons. The maximum absolute atomic E-state index is 12.3. The Hall–Kier alpha value is -3.18. The van der Waals surface area contributed by atoms with Crippen molar-refractivity contribution in [3.8, 4) is 0 Å². The fourth-order valence-corrected chi connectivity index (χ4v) is 2.83. The van der Waals surface area contributed by atoms with Gasteiger partial charge in [-0.15, -0.1) is 0 Å². The fraction of sp³-hybridized carbons (Fsp3) is 0.100. The molecule has 0 spiro atoms. The van der Waals surface area contributed by atoms with E-state index in [4.69, 9.17) is 5.21 Å². The Kier molecular flexibility index (Phi) is 5.06. The van der Waals surface area contributed by atoms with Crippen LogP contribution in [0, 0.1) is 0 Å². The van der Waals surface area contributed by atoms with E-state index < -0.39 is 11.8 Å². The first kappa shape index (κ1) is 16.7. The highest BCUT2D eigenvalue weighted by Crippen LogP contribution is 2.30. The summed E-state index contributed by atoms with van der Waals surface area (Å²) in [6.45, 7) is 0. The summed E-state index contributed by atoms with van der Waals surface area (Å²) in [5.41, 5.74) is 5.34. The summed E-state index contributed by atoms with van der Waals surface area (Å²) in [4.78, 5) is 18.3. The number of nitrogens with zero attached hydrogens (tertiary/aromatic N) is 2. The first-order valence-electron chi connectivity index (χ1n) is 7.93. The van der Waals surface area contributed by atoms with E-state index in [1.54, 1.807) is 17.9 Å². The molecule has 25 heavy (non-hydrogen) atoms. The second-order valence-corrected chi connectivity index (χ2v) is 5.68. The van der Waals surface area contributed by atoms with Crippen LogP contribution in [-0.4, -0.2) is 23.1 Å². The third-order valence-corrected chi connectivity index (χ3v) is 4.15. The second-order valence-electron chi connectivity index (χ2n) is 5.68. The number of nitrogens with one attached hydrogen (secondary N) is 1. The Morgan fingerprint density at radius 1 is 0.960 bits per heavy atom. The van der Waals surface area contributed by atoms with E-state index in [1.807, 2.05) is 78.7 Å². The van der Waals surface area contributed by atoms with Gasteiger partial charge in [-0.1, -0.05) is 42.5 Å². The summed E-state index contributed by atoms with van der Waals surface area (Å²) in [5.74, 6) is -1.05. The molecule has 0 fully saturated rings. The number of benzene rings is 2. The maximum Gasteiger partial charge on any atom is 0.255 e. The van der Waals surface area contributed by atoms with Crippen LogP contribution in [0.5, 0.6) is 0 Å². The number of carbonyl (C=O) groups excluding carboxylic acids is 1. The number of hydrogen-bond acceptors (Lipinski definition) is 4. The SMILES string of the molecule is CN(c1ccncc1)c1cccc(C(C(=O)NO)c2ccccc2)c1. The van der Waals surface area contributed by atoms with Crippen LogP contribution in [0.25, 0.3) is 0 Å². The Morgan fingerprint density at radius 3 is 2.32 bits per heavy atom. The van der Waals surface area contributed by atoms with Crippen molar-refractivity contribution in [1.82, 2.24) is 10.5 Å². The van der Waals surface area contributed by atoms with Crippen LogP contribution in [0.1, 0.15) is 17.0 Å². The summed E-state index contributed by atoms with van der Waals surface area (Å²) in [5, 5.41) is 9.17. The van der Waals surface area contributed by atoms with Crippen LogP contribution >= 0.6 is 0 Å². The van der Waals surface area contributed by atoms with Crippen LogP contribution in [-0.2, 0) is 4.79 Å². The Bertz CT molecular complexity index is 838. The van der Waals surface area contributed by atoms with E-state index in [2.05, 4.69) is 4.98 Å². The monoisotopic (exact) mass is 333 g/mol. The molecule has 0 bridgehead atoms. The van der Waals surface area contributed by atoms with Crippen molar-refractivity contribution in [3.63, 3.8) is 0 Å². The van der Waals surface area contributed by atoms with Gasteiger partial charge >= 0.3 is 0 Å². The van der Waals surface area contributed by atoms with Gasteiger partial charge in [0.1, 0.15) is 0 Å². The normalized spacial score (nSPS) is 11.6. The lowest BCUT2D eigenvalue weighted by molar-refractivity contribution is -0.129. The summed E-state index contributed by atoms with van der Waals surface area (Å²) < 4.78 is 0. The Balaban J connectivity index is 2.00. The number of hydroxylamine groups is 1. The molecule has 1 atom stereocenters. The van der Waals surface area contributed by atoms with E-state index in [0.717, 1.165) is 22.5 Å². The van der Waals surface area contributed by atoms with Gasteiger partial charge < -0.3 is 4.90 Å². The minimum atomic E-state index is -0.586. The minimum absolute atomic E-state index is 0.463. The zero-order valence-electron chi connectivity index (χ0n) is 13.8. The van der Waals surface area contributed by atoms with Crippen molar-refractivity contribution < 1.29 is 10.0 Å². The zero-order chi connectivity index (χ0) is 17.6. The maximum atomic E-state index is 12.3. The highest BCUT2D eigenvalue weighted by molar-refractivity contribution is 5.86. The van der Waals surface area contributed by atoms with Gasteiger partial charge in [0.2, 0.25) is 0 Å².